The molecule has 1 aliphatic rings. The van der Waals surface area contributed by atoms with Gasteiger partial charge in [-0.15, -0.1) is 0 Å². The Kier molecular flexibility index (Phi) is 5.58. The van der Waals surface area contributed by atoms with E-state index in [1.165, 1.54) is 18.2 Å². The first-order chi connectivity index (χ1) is 9.86. The molecule has 1 aromatic carbocycles. The Morgan fingerprint density at radius 2 is 1.95 bits per heavy atom. The average molecular weight is 350 g/mol. The van der Waals surface area contributed by atoms with Gasteiger partial charge in [0.05, 0.1) is 20.2 Å². The van der Waals surface area contributed by atoms with Gasteiger partial charge < -0.3 is 5.73 Å². The van der Waals surface area contributed by atoms with Crippen molar-refractivity contribution in [3.05, 3.63) is 28.2 Å². The molecule has 3 nitrogen and oxygen atoms in total. The molecule has 1 fully saturated rings. The molecule has 21 heavy (non-hydrogen) atoms. The van der Waals surface area contributed by atoms with Crippen LogP contribution in [0.4, 0.5) is 0 Å². The number of benzene rings is 1. The average Bonchev–Trinajstić information content (AvgIpc) is 2.44. The van der Waals surface area contributed by atoms with Gasteiger partial charge in [-0.05, 0) is 43.4 Å². The van der Waals surface area contributed by atoms with Crippen LogP contribution in [0.1, 0.15) is 39.0 Å². The van der Waals surface area contributed by atoms with Gasteiger partial charge in [0, 0.05) is 6.04 Å². The number of nitrogens with two attached hydrogens (primary N) is 1. The lowest BCUT2D eigenvalue weighted by atomic mass is 9.83. The van der Waals surface area contributed by atoms with Gasteiger partial charge in [-0.3, -0.25) is 0 Å². The van der Waals surface area contributed by atoms with Gasteiger partial charge in [0.15, 0.2) is 9.84 Å². The Morgan fingerprint density at radius 1 is 1.24 bits per heavy atom. The topological polar surface area (TPSA) is 60.2 Å². The van der Waals surface area contributed by atoms with E-state index >= 15 is 0 Å². The highest BCUT2D eigenvalue weighted by Crippen LogP contribution is 2.35. The molecule has 1 aromatic rings. The normalized spacial score (nSPS) is 26.8. The lowest BCUT2D eigenvalue weighted by Crippen LogP contribution is -2.45. The second-order valence-electron chi connectivity index (χ2n) is 5.79. The molecule has 3 unspecified atom stereocenters. The van der Waals surface area contributed by atoms with Gasteiger partial charge in [-0.1, -0.05) is 43.0 Å². The van der Waals surface area contributed by atoms with Crippen molar-refractivity contribution in [3.63, 3.8) is 0 Å². The first-order valence-corrected chi connectivity index (χ1v) is 9.61. The van der Waals surface area contributed by atoms with Crippen LogP contribution >= 0.6 is 23.2 Å². The summed E-state index contributed by atoms with van der Waals surface area (Å²) in [5.41, 5.74) is 6.09. The van der Waals surface area contributed by atoms with Crippen LogP contribution < -0.4 is 5.73 Å². The summed E-state index contributed by atoms with van der Waals surface area (Å²) >= 11 is 11.8. The molecule has 0 spiro atoms. The summed E-state index contributed by atoms with van der Waals surface area (Å²) in [6, 6.07) is 4.15. The van der Waals surface area contributed by atoms with Crippen LogP contribution in [0.15, 0.2) is 23.1 Å². The standard InChI is InChI=1S/C15H21Cl2NO2S/c1-2-3-10-4-7-14(18)15(8-10)21(19,20)11-5-6-12(16)13(17)9-11/h5-6,9-10,14-15H,2-4,7-8,18H2,1H3. The first-order valence-electron chi connectivity index (χ1n) is 7.30. The Balaban J connectivity index is 2.30. The second-order valence-corrected chi connectivity index (χ2v) is 8.77. The van der Waals surface area contributed by atoms with Crippen LogP contribution in [-0.4, -0.2) is 19.7 Å². The van der Waals surface area contributed by atoms with Crippen LogP contribution in [0.2, 0.25) is 10.0 Å². The van der Waals surface area contributed by atoms with E-state index < -0.39 is 15.1 Å². The maximum Gasteiger partial charge on any atom is 0.182 e. The molecule has 3 atom stereocenters. The number of hydrogen-bond acceptors (Lipinski definition) is 3. The fraction of sp³-hybridized carbons (Fsp3) is 0.600. The van der Waals surface area contributed by atoms with E-state index in [0.717, 1.165) is 25.7 Å². The summed E-state index contributed by atoms with van der Waals surface area (Å²) in [6.07, 6.45) is 4.54. The first kappa shape index (κ1) is 17.1. The molecule has 0 heterocycles. The molecule has 2 N–H and O–H groups in total. The van der Waals surface area contributed by atoms with Crippen molar-refractivity contribution >= 4 is 33.0 Å². The molecular weight excluding hydrogens is 329 g/mol. The smallest absolute Gasteiger partial charge is 0.182 e. The zero-order chi connectivity index (χ0) is 15.6. The molecule has 0 aromatic heterocycles. The van der Waals surface area contributed by atoms with Gasteiger partial charge in [0.2, 0.25) is 0 Å². The molecule has 6 heteroatoms. The Bertz CT molecular complexity index is 604. The van der Waals surface area contributed by atoms with E-state index in [-0.39, 0.29) is 16.0 Å². The quantitative estimate of drug-likeness (QED) is 0.891. The molecule has 0 bridgehead atoms. The van der Waals surface area contributed by atoms with Crippen LogP contribution in [0.25, 0.3) is 0 Å². The zero-order valence-corrected chi connectivity index (χ0v) is 14.4. The van der Waals surface area contributed by atoms with E-state index in [1.807, 2.05) is 0 Å². The van der Waals surface area contributed by atoms with Crippen LogP contribution in [0, 0.1) is 5.92 Å². The third kappa shape index (κ3) is 3.73. The lowest BCUT2D eigenvalue weighted by molar-refractivity contribution is 0.309. The van der Waals surface area contributed by atoms with Gasteiger partial charge >= 0.3 is 0 Å². The highest BCUT2D eigenvalue weighted by molar-refractivity contribution is 7.92. The summed E-state index contributed by atoms with van der Waals surface area (Å²) in [4.78, 5) is 0.217. The minimum atomic E-state index is -3.47. The van der Waals surface area contributed by atoms with Crippen molar-refractivity contribution < 1.29 is 8.42 Å². The number of halogens is 2. The van der Waals surface area contributed by atoms with E-state index in [1.54, 1.807) is 0 Å². The fourth-order valence-electron chi connectivity index (χ4n) is 3.09. The van der Waals surface area contributed by atoms with Crippen LogP contribution in [-0.2, 0) is 9.84 Å². The van der Waals surface area contributed by atoms with Crippen molar-refractivity contribution in [3.8, 4) is 0 Å². The molecule has 1 saturated carbocycles. The minimum Gasteiger partial charge on any atom is -0.327 e. The maximum atomic E-state index is 12.8. The Morgan fingerprint density at radius 3 is 2.57 bits per heavy atom. The minimum absolute atomic E-state index is 0.217. The highest BCUT2D eigenvalue weighted by Gasteiger charge is 2.38. The van der Waals surface area contributed by atoms with Crippen LogP contribution in [0.5, 0.6) is 0 Å². The van der Waals surface area contributed by atoms with Gasteiger partial charge in [-0.2, -0.15) is 0 Å². The molecule has 0 aliphatic heterocycles. The monoisotopic (exact) mass is 349 g/mol. The van der Waals surface area contributed by atoms with E-state index in [2.05, 4.69) is 6.92 Å². The van der Waals surface area contributed by atoms with E-state index in [4.69, 9.17) is 28.9 Å². The van der Waals surface area contributed by atoms with Gasteiger partial charge in [-0.25, -0.2) is 8.42 Å². The van der Waals surface area contributed by atoms with Crippen molar-refractivity contribution in [2.45, 2.75) is 55.2 Å². The predicted molar refractivity (Wildman–Crippen MR) is 87.7 cm³/mol. The fourth-order valence-corrected chi connectivity index (χ4v) is 5.47. The Hall–Kier alpha value is -0.290. The van der Waals surface area contributed by atoms with Crippen molar-refractivity contribution in [1.82, 2.24) is 0 Å². The number of rotatable bonds is 4. The lowest BCUT2D eigenvalue weighted by Gasteiger charge is -2.33. The van der Waals surface area contributed by atoms with E-state index in [0.29, 0.717) is 17.4 Å². The Labute approximate surface area is 136 Å². The summed E-state index contributed by atoms with van der Waals surface area (Å²) in [5.74, 6) is 0.442. The third-order valence-corrected chi connectivity index (χ3v) is 7.26. The largest absolute Gasteiger partial charge is 0.327 e. The van der Waals surface area contributed by atoms with Crippen molar-refractivity contribution in [2.24, 2.45) is 11.7 Å². The SMILES string of the molecule is CCCC1CCC(N)C(S(=O)(=O)c2ccc(Cl)c(Cl)c2)C1. The maximum absolute atomic E-state index is 12.8. The second kappa shape index (κ2) is 6.86. The molecule has 0 radical (unpaired) electrons. The molecule has 1 aliphatic carbocycles. The molecule has 0 saturated heterocycles. The molecule has 0 amide bonds. The zero-order valence-electron chi connectivity index (χ0n) is 12.1. The summed E-state index contributed by atoms with van der Waals surface area (Å²) in [5, 5.41) is 0.0830. The van der Waals surface area contributed by atoms with Crippen LogP contribution in [0.3, 0.4) is 0 Å². The highest BCUT2D eigenvalue weighted by atomic mass is 35.5. The van der Waals surface area contributed by atoms with Gasteiger partial charge in [0.1, 0.15) is 0 Å². The van der Waals surface area contributed by atoms with Crippen molar-refractivity contribution in [1.29, 1.82) is 0 Å². The summed E-state index contributed by atoms with van der Waals surface area (Å²) < 4.78 is 25.7. The number of sulfone groups is 1. The molecule has 118 valence electrons. The van der Waals surface area contributed by atoms with E-state index in [9.17, 15) is 8.42 Å². The predicted octanol–water partition coefficient (Wildman–Crippen LogP) is 4.06. The van der Waals surface area contributed by atoms with Crippen molar-refractivity contribution in [2.75, 3.05) is 0 Å². The number of hydrogen-bond donors (Lipinski definition) is 1. The van der Waals surface area contributed by atoms with Gasteiger partial charge in [0.25, 0.3) is 0 Å². The molecule has 2 rings (SSSR count). The molecular formula is C15H21Cl2NO2S. The summed E-state index contributed by atoms with van der Waals surface area (Å²) in [6.45, 7) is 2.12. The summed E-state index contributed by atoms with van der Waals surface area (Å²) in [7, 11) is -3.47. The third-order valence-electron chi connectivity index (χ3n) is 4.27.